The Morgan fingerprint density at radius 2 is 1.81 bits per heavy atom. The molecule has 31 heavy (non-hydrogen) atoms. The molecule has 0 atom stereocenters. The summed E-state index contributed by atoms with van der Waals surface area (Å²) in [4.78, 5) is 12.4. The molecule has 6 heteroatoms. The second kappa shape index (κ2) is 9.77. The molecule has 4 aromatic rings. The molecule has 1 amide bonds. The predicted molar refractivity (Wildman–Crippen MR) is 129 cm³/mol. The third-order valence-corrected chi connectivity index (χ3v) is 5.62. The van der Waals surface area contributed by atoms with Gasteiger partial charge in [-0.2, -0.15) is 5.10 Å². The van der Waals surface area contributed by atoms with Crippen LogP contribution in [0.3, 0.4) is 0 Å². The van der Waals surface area contributed by atoms with Crippen molar-refractivity contribution in [1.29, 1.82) is 0 Å². The molecule has 0 heterocycles. The standard InChI is InChI=1S/C25H18BrClN2O2/c26-23-11-4-3-10-21(23)25(30)29-28-15-22-20-9-2-1-7-18(20)12-13-24(22)31-16-17-6-5-8-19(27)14-17/h1-15H,16H2,(H,29,30)/b28-15+. The Hall–Kier alpha value is -3.15. The second-order valence-electron chi connectivity index (χ2n) is 6.80. The number of nitrogens with one attached hydrogen (secondary N) is 1. The van der Waals surface area contributed by atoms with Crippen molar-refractivity contribution >= 4 is 50.4 Å². The summed E-state index contributed by atoms with van der Waals surface area (Å²) in [6.07, 6.45) is 1.62. The summed E-state index contributed by atoms with van der Waals surface area (Å²) < 4.78 is 6.78. The van der Waals surface area contributed by atoms with E-state index in [1.54, 1.807) is 18.3 Å². The fourth-order valence-electron chi connectivity index (χ4n) is 3.18. The van der Waals surface area contributed by atoms with E-state index < -0.39 is 0 Å². The maximum Gasteiger partial charge on any atom is 0.272 e. The molecule has 0 aromatic heterocycles. The minimum Gasteiger partial charge on any atom is -0.488 e. The van der Waals surface area contributed by atoms with Crippen LogP contribution in [0.25, 0.3) is 10.8 Å². The highest BCUT2D eigenvalue weighted by Gasteiger charge is 2.10. The average molecular weight is 494 g/mol. The normalized spacial score (nSPS) is 11.0. The Morgan fingerprint density at radius 3 is 2.65 bits per heavy atom. The van der Waals surface area contributed by atoms with Crippen molar-refractivity contribution in [3.05, 3.63) is 111 Å². The molecule has 4 nitrogen and oxygen atoms in total. The van der Waals surface area contributed by atoms with E-state index in [0.717, 1.165) is 21.9 Å². The first-order valence-corrected chi connectivity index (χ1v) is 10.8. The molecule has 0 unspecified atom stereocenters. The van der Waals surface area contributed by atoms with Gasteiger partial charge in [0.25, 0.3) is 5.91 Å². The fourth-order valence-corrected chi connectivity index (χ4v) is 3.86. The van der Waals surface area contributed by atoms with Crippen molar-refractivity contribution in [1.82, 2.24) is 5.43 Å². The minimum atomic E-state index is -0.301. The lowest BCUT2D eigenvalue weighted by Crippen LogP contribution is -2.18. The Labute approximate surface area is 193 Å². The predicted octanol–water partition coefficient (Wildman–Crippen LogP) is 6.60. The smallest absolute Gasteiger partial charge is 0.272 e. The van der Waals surface area contributed by atoms with Crippen LogP contribution in [0.2, 0.25) is 5.02 Å². The summed E-state index contributed by atoms with van der Waals surface area (Å²) in [6, 6.07) is 26.6. The first kappa shape index (κ1) is 21.1. The molecule has 4 aromatic carbocycles. The lowest BCUT2D eigenvalue weighted by molar-refractivity contribution is 0.0954. The summed E-state index contributed by atoms with van der Waals surface area (Å²) in [7, 11) is 0. The Bertz CT molecular complexity index is 1270. The van der Waals surface area contributed by atoms with Gasteiger partial charge < -0.3 is 4.74 Å². The number of benzene rings is 4. The molecule has 0 saturated carbocycles. The first-order chi connectivity index (χ1) is 15.1. The molecule has 0 saturated heterocycles. The van der Waals surface area contributed by atoms with E-state index in [1.165, 1.54) is 0 Å². The van der Waals surface area contributed by atoms with Crippen molar-refractivity contribution in [3.8, 4) is 5.75 Å². The van der Waals surface area contributed by atoms with Crippen molar-refractivity contribution in [2.24, 2.45) is 5.10 Å². The molecule has 4 rings (SSSR count). The van der Waals surface area contributed by atoms with Gasteiger partial charge in [-0.3, -0.25) is 4.79 Å². The highest BCUT2D eigenvalue weighted by molar-refractivity contribution is 9.10. The number of hydrogen-bond donors (Lipinski definition) is 1. The van der Waals surface area contributed by atoms with E-state index in [0.29, 0.717) is 27.4 Å². The van der Waals surface area contributed by atoms with Gasteiger partial charge in [0.2, 0.25) is 0 Å². The average Bonchev–Trinajstić information content (AvgIpc) is 2.78. The van der Waals surface area contributed by atoms with Gasteiger partial charge >= 0.3 is 0 Å². The number of fused-ring (bicyclic) bond motifs is 1. The van der Waals surface area contributed by atoms with Crippen LogP contribution in [-0.4, -0.2) is 12.1 Å². The summed E-state index contributed by atoms with van der Waals surface area (Å²) in [5.74, 6) is 0.364. The van der Waals surface area contributed by atoms with Gasteiger partial charge in [0.05, 0.1) is 11.8 Å². The van der Waals surface area contributed by atoms with E-state index >= 15 is 0 Å². The summed E-state index contributed by atoms with van der Waals surface area (Å²) >= 11 is 9.46. The van der Waals surface area contributed by atoms with Gasteiger partial charge in [-0.15, -0.1) is 0 Å². The van der Waals surface area contributed by atoms with Crippen LogP contribution in [0.15, 0.2) is 94.5 Å². The Kier molecular flexibility index (Phi) is 6.65. The number of ether oxygens (including phenoxy) is 1. The summed E-state index contributed by atoms with van der Waals surface area (Å²) in [6.45, 7) is 0.364. The van der Waals surface area contributed by atoms with Crippen LogP contribution < -0.4 is 10.2 Å². The van der Waals surface area contributed by atoms with E-state index in [2.05, 4.69) is 26.5 Å². The molecule has 1 N–H and O–H groups in total. The van der Waals surface area contributed by atoms with Gasteiger partial charge in [-0.05, 0) is 62.6 Å². The largest absolute Gasteiger partial charge is 0.488 e. The maximum atomic E-state index is 12.4. The van der Waals surface area contributed by atoms with Gasteiger partial charge in [0, 0.05) is 15.1 Å². The van der Waals surface area contributed by atoms with Gasteiger partial charge in [-0.1, -0.05) is 66.2 Å². The molecule has 0 spiro atoms. The first-order valence-electron chi connectivity index (χ1n) is 9.59. The molecule has 0 radical (unpaired) electrons. The topological polar surface area (TPSA) is 50.7 Å². The second-order valence-corrected chi connectivity index (χ2v) is 8.09. The van der Waals surface area contributed by atoms with Crippen molar-refractivity contribution < 1.29 is 9.53 Å². The van der Waals surface area contributed by atoms with Crippen LogP contribution in [0.5, 0.6) is 5.75 Å². The van der Waals surface area contributed by atoms with Gasteiger partial charge in [0.15, 0.2) is 0 Å². The fraction of sp³-hybridized carbons (Fsp3) is 0.0400. The molecule has 0 aliphatic heterocycles. The number of halogens is 2. The third kappa shape index (κ3) is 5.13. The Morgan fingerprint density at radius 1 is 1.00 bits per heavy atom. The number of nitrogens with zero attached hydrogens (tertiary/aromatic N) is 1. The van der Waals surface area contributed by atoms with Crippen LogP contribution in [0.4, 0.5) is 0 Å². The zero-order valence-electron chi connectivity index (χ0n) is 16.4. The van der Waals surface area contributed by atoms with Crippen molar-refractivity contribution in [2.75, 3.05) is 0 Å². The molecular weight excluding hydrogens is 476 g/mol. The molecular formula is C25H18BrClN2O2. The lowest BCUT2D eigenvalue weighted by atomic mass is 10.0. The van der Waals surface area contributed by atoms with E-state index in [9.17, 15) is 4.79 Å². The highest BCUT2D eigenvalue weighted by atomic mass is 79.9. The van der Waals surface area contributed by atoms with Crippen LogP contribution >= 0.6 is 27.5 Å². The molecule has 0 aliphatic rings. The number of carbonyl (C=O) groups excluding carboxylic acids is 1. The molecule has 0 bridgehead atoms. The molecule has 0 aliphatic carbocycles. The van der Waals surface area contributed by atoms with Gasteiger partial charge in [-0.25, -0.2) is 5.43 Å². The van der Waals surface area contributed by atoms with Gasteiger partial charge in [0.1, 0.15) is 12.4 Å². The van der Waals surface area contributed by atoms with E-state index in [4.69, 9.17) is 16.3 Å². The monoisotopic (exact) mass is 492 g/mol. The van der Waals surface area contributed by atoms with Crippen molar-refractivity contribution in [2.45, 2.75) is 6.61 Å². The number of hydrogen-bond acceptors (Lipinski definition) is 3. The molecule has 0 fully saturated rings. The number of amides is 1. The molecule has 154 valence electrons. The summed E-state index contributed by atoms with van der Waals surface area (Å²) in [5.41, 5.74) is 4.85. The Balaban J connectivity index is 1.60. The van der Waals surface area contributed by atoms with E-state index in [-0.39, 0.29) is 5.91 Å². The number of rotatable bonds is 6. The van der Waals surface area contributed by atoms with Crippen LogP contribution in [0.1, 0.15) is 21.5 Å². The quantitative estimate of drug-likeness (QED) is 0.243. The number of carbonyl (C=O) groups is 1. The van der Waals surface area contributed by atoms with Crippen LogP contribution in [-0.2, 0) is 6.61 Å². The van der Waals surface area contributed by atoms with E-state index in [1.807, 2.05) is 72.8 Å². The highest BCUT2D eigenvalue weighted by Crippen LogP contribution is 2.27. The lowest BCUT2D eigenvalue weighted by Gasteiger charge is -2.12. The van der Waals surface area contributed by atoms with Crippen molar-refractivity contribution in [3.63, 3.8) is 0 Å². The maximum absolute atomic E-state index is 12.4. The zero-order chi connectivity index (χ0) is 21.6. The SMILES string of the molecule is O=C(N/N=C/c1c(OCc2cccc(Cl)c2)ccc2ccccc12)c1ccccc1Br. The summed E-state index contributed by atoms with van der Waals surface area (Å²) in [5, 5.41) is 6.88. The zero-order valence-corrected chi connectivity index (χ0v) is 18.7. The minimum absolute atomic E-state index is 0.301. The number of hydrazone groups is 1. The van der Waals surface area contributed by atoms with Crippen LogP contribution in [0, 0.1) is 0 Å². The third-order valence-electron chi connectivity index (χ3n) is 4.69.